The van der Waals surface area contributed by atoms with Gasteiger partial charge in [0.25, 0.3) is 0 Å². The molecule has 0 saturated heterocycles. The van der Waals surface area contributed by atoms with Crippen LogP contribution in [-0.2, 0) is 6.54 Å². The smallest absolute Gasteiger partial charge is 0.354 e. The largest absolute Gasteiger partial charge is 0.477 e. The lowest BCUT2D eigenvalue weighted by Crippen LogP contribution is -2.29. The molecule has 0 radical (unpaired) electrons. The zero-order valence-electron chi connectivity index (χ0n) is 12.1. The molecule has 4 nitrogen and oxygen atoms in total. The van der Waals surface area contributed by atoms with Crippen molar-refractivity contribution in [2.45, 2.75) is 40.2 Å². The van der Waals surface area contributed by atoms with Crippen LogP contribution in [0, 0.1) is 5.92 Å². The van der Waals surface area contributed by atoms with Crippen LogP contribution in [0.25, 0.3) is 0 Å². The van der Waals surface area contributed by atoms with Gasteiger partial charge in [-0.1, -0.05) is 39.7 Å². The van der Waals surface area contributed by atoms with E-state index in [0.717, 1.165) is 18.8 Å². The molecule has 0 aromatic carbocycles. The Balaban J connectivity index is 2.69. The van der Waals surface area contributed by atoms with Crippen LogP contribution in [0.1, 0.15) is 49.8 Å². The van der Waals surface area contributed by atoms with Gasteiger partial charge in [-0.3, -0.25) is 4.90 Å². The Morgan fingerprint density at radius 1 is 1.32 bits per heavy atom. The summed E-state index contributed by atoms with van der Waals surface area (Å²) in [6, 6.07) is 5.18. The molecule has 1 heterocycles. The van der Waals surface area contributed by atoms with Crippen molar-refractivity contribution < 1.29 is 9.90 Å². The van der Waals surface area contributed by atoms with Crippen LogP contribution in [0.5, 0.6) is 0 Å². The van der Waals surface area contributed by atoms with Gasteiger partial charge in [0.1, 0.15) is 5.69 Å². The van der Waals surface area contributed by atoms with Gasteiger partial charge < -0.3 is 5.11 Å². The van der Waals surface area contributed by atoms with Crippen LogP contribution in [0.3, 0.4) is 0 Å². The number of pyridine rings is 1. The first kappa shape index (κ1) is 15.6. The van der Waals surface area contributed by atoms with Gasteiger partial charge >= 0.3 is 5.97 Å². The average molecular weight is 264 g/mol. The zero-order valence-corrected chi connectivity index (χ0v) is 12.1. The highest BCUT2D eigenvalue weighted by Crippen LogP contribution is 2.12. The van der Waals surface area contributed by atoms with Crippen LogP contribution in [-0.4, -0.2) is 34.0 Å². The number of aromatic nitrogens is 1. The molecule has 0 saturated carbocycles. The van der Waals surface area contributed by atoms with Crippen molar-refractivity contribution in [2.75, 3.05) is 13.1 Å². The summed E-state index contributed by atoms with van der Waals surface area (Å²) in [5.74, 6) is -0.271. The van der Waals surface area contributed by atoms with E-state index in [0.29, 0.717) is 12.5 Å². The van der Waals surface area contributed by atoms with Gasteiger partial charge in [-0.25, -0.2) is 9.78 Å². The molecule has 0 spiro atoms. The summed E-state index contributed by atoms with van der Waals surface area (Å²) in [5, 5.41) is 8.95. The second-order valence-electron chi connectivity index (χ2n) is 4.83. The molecule has 106 valence electrons. The summed E-state index contributed by atoms with van der Waals surface area (Å²) in [5.41, 5.74) is 0.948. The summed E-state index contributed by atoms with van der Waals surface area (Å²) in [6.45, 7) is 9.27. The first-order valence-electron chi connectivity index (χ1n) is 7.02. The van der Waals surface area contributed by atoms with Gasteiger partial charge in [0, 0.05) is 13.1 Å². The Kier molecular flexibility index (Phi) is 6.50. The standard InChI is InChI=1S/C15H24N2O2/c1-4-12(5-2)10-17(6-3)11-13-8-7-9-14(16-13)15(18)19/h7-9,12H,4-6,10-11H2,1-3H3,(H,18,19). The van der Waals surface area contributed by atoms with Crippen LogP contribution < -0.4 is 0 Å². The van der Waals surface area contributed by atoms with Gasteiger partial charge in [-0.15, -0.1) is 0 Å². The number of hydrogen-bond acceptors (Lipinski definition) is 3. The van der Waals surface area contributed by atoms with E-state index in [4.69, 9.17) is 5.11 Å². The van der Waals surface area contributed by atoms with Gasteiger partial charge in [0.2, 0.25) is 0 Å². The Hall–Kier alpha value is -1.42. The molecule has 0 amide bonds. The third-order valence-corrected chi connectivity index (χ3v) is 3.53. The van der Waals surface area contributed by atoms with E-state index in [2.05, 4.69) is 30.7 Å². The summed E-state index contributed by atoms with van der Waals surface area (Å²) < 4.78 is 0. The molecular weight excluding hydrogens is 240 g/mol. The van der Waals surface area contributed by atoms with Gasteiger partial charge in [-0.2, -0.15) is 0 Å². The zero-order chi connectivity index (χ0) is 14.3. The number of carbonyl (C=O) groups is 1. The second-order valence-corrected chi connectivity index (χ2v) is 4.83. The van der Waals surface area contributed by atoms with E-state index in [1.165, 1.54) is 18.9 Å². The van der Waals surface area contributed by atoms with E-state index in [1.807, 2.05) is 6.07 Å². The third kappa shape index (κ3) is 4.99. The molecule has 0 aliphatic heterocycles. The quantitative estimate of drug-likeness (QED) is 0.784. The van der Waals surface area contributed by atoms with Crippen LogP contribution in [0.4, 0.5) is 0 Å². The molecule has 0 fully saturated rings. The molecule has 0 bridgehead atoms. The number of carboxylic acid groups (broad SMARTS) is 1. The van der Waals surface area contributed by atoms with Crippen molar-refractivity contribution >= 4 is 5.97 Å². The number of rotatable bonds is 8. The molecule has 0 aliphatic rings. The van der Waals surface area contributed by atoms with Crippen molar-refractivity contribution in [1.82, 2.24) is 9.88 Å². The molecule has 0 aliphatic carbocycles. The maximum atomic E-state index is 10.9. The predicted molar refractivity (Wildman–Crippen MR) is 76.2 cm³/mol. The first-order chi connectivity index (χ1) is 9.10. The van der Waals surface area contributed by atoms with E-state index >= 15 is 0 Å². The molecule has 1 aromatic heterocycles. The van der Waals surface area contributed by atoms with E-state index in [1.54, 1.807) is 6.07 Å². The molecular formula is C15H24N2O2. The molecule has 1 rings (SSSR count). The number of aromatic carboxylic acids is 1. The molecule has 1 aromatic rings. The number of hydrogen-bond donors (Lipinski definition) is 1. The highest BCUT2D eigenvalue weighted by molar-refractivity contribution is 5.85. The number of nitrogens with zero attached hydrogens (tertiary/aromatic N) is 2. The Morgan fingerprint density at radius 3 is 2.53 bits per heavy atom. The Labute approximate surface area is 115 Å². The minimum absolute atomic E-state index is 0.121. The molecule has 0 unspecified atom stereocenters. The molecule has 19 heavy (non-hydrogen) atoms. The molecule has 1 N–H and O–H groups in total. The first-order valence-corrected chi connectivity index (χ1v) is 7.02. The SMILES string of the molecule is CCC(CC)CN(CC)Cc1cccc(C(=O)O)n1. The summed E-state index contributed by atoms with van der Waals surface area (Å²) in [7, 11) is 0. The molecule has 4 heteroatoms. The fraction of sp³-hybridized carbons (Fsp3) is 0.600. The monoisotopic (exact) mass is 264 g/mol. The maximum absolute atomic E-state index is 10.9. The van der Waals surface area contributed by atoms with Crippen molar-refractivity contribution in [1.29, 1.82) is 0 Å². The van der Waals surface area contributed by atoms with E-state index in [-0.39, 0.29) is 5.69 Å². The highest BCUT2D eigenvalue weighted by atomic mass is 16.4. The van der Waals surface area contributed by atoms with E-state index < -0.39 is 5.97 Å². The Morgan fingerprint density at radius 2 is 2.00 bits per heavy atom. The topological polar surface area (TPSA) is 53.4 Å². The second kappa shape index (κ2) is 7.89. The van der Waals surface area contributed by atoms with Crippen LogP contribution >= 0.6 is 0 Å². The molecule has 0 atom stereocenters. The van der Waals surface area contributed by atoms with Crippen LogP contribution in [0.15, 0.2) is 18.2 Å². The maximum Gasteiger partial charge on any atom is 0.354 e. The highest BCUT2D eigenvalue weighted by Gasteiger charge is 2.12. The lowest BCUT2D eigenvalue weighted by atomic mass is 10.0. The number of carboxylic acids is 1. The summed E-state index contributed by atoms with van der Waals surface area (Å²) in [4.78, 5) is 17.4. The minimum atomic E-state index is -0.968. The van der Waals surface area contributed by atoms with Crippen molar-refractivity contribution in [2.24, 2.45) is 5.92 Å². The minimum Gasteiger partial charge on any atom is -0.477 e. The van der Waals surface area contributed by atoms with E-state index in [9.17, 15) is 4.79 Å². The fourth-order valence-corrected chi connectivity index (χ4v) is 2.13. The van der Waals surface area contributed by atoms with Crippen molar-refractivity contribution in [3.63, 3.8) is 0 Å². The van der Waals surface area contributed by atoms with Gasteiger partial charge in [0.15, 0.2) is 0 Å². The van der Waals surface area contributed by atoms with Gasteiger partial charge in [-0.05, 0) is 24.6 Å². The lowest BCUT2D eigenvalue weighted by Gasteiger charge is -2.24. The van der Waals surface area contributed by atoms with Crippen molar-refractivity contribution in [3.8, 4) is 0 Å². The summed E-state index contributed by atoms with van der Waals surface area (Å²) >= 11 is 0. The lowest BCUT2D eigenvalue weighted by molar-refractivity contribution is 0.0690. The normalized spacial score (nSPS) is 11.2. The average Bonchev–Trinajstić information content (AvgIpc) is 2.43. The summed E-state index contributed by atoms with van der Waals surface area (Å²) in [6.07, 6.45) is 2.35. The Bertz CT molecular complexity index is 403. The van der Waals surface area contributed by atoms with Crippen LogP contribution in [0.2, 0.25) is 0 Å². The fourth-order valence-electron chi connectivity index (χ4n) is 2.13. The van der Waals surface area contributed by atoms with Gasteiger partial charge in [0.05, 0.1) is 5.69 Å². The predicted octanol–water partition coefficient (Wildman–Crippen LogP) is 3.04. The third-order valence-electron chi connectivity index (χ3n) is 3.53. The van der Waals surface area contributed by atoms with Crippen molar-refractivity contribution in [3.05, 3.63) is 29.6 Å².